The Morgan fingerprint density at radius 3 is 2.75 bits per heavy atom. The molecule has 0 spiro atoms. The smallest absolute Gasteiger partial charge is 0.323 e. The molecule has 0 aromatic carbocycles. The molecule has 0 aromatic heterocycles. The molecule has 0 amide bonds. The van der Waals surface area contributed by atoms with E-state index in [1.54, 1.807) is 0 Å². The zero-order valence-electron chi connectivity index (χ0n) is 10.1. The molecule has 4 nitrogen and oxygen atoms in total. The predicted octanol–water partition coefficient (Wildman–Crippen LogP) is 1.17. The monoisotopic (exact) mass is 250 g/mol. The van der Waals surface area contributed by atoms with E-state index in [2.05, 4.69) is 4.90 Å². The van der Waals surface area contributed by atoms with Crippen LogP contribution in [0.5, 0.6) is 0 Å². The van der Waals surface area contributed by atoms with Crippen LogP contribution in [0.25, 0.3) is 0 Å². The third-order valence-corrected chi connectivity index (χ3v) is 2.88. The second-order valence-electron chi connectivity index (χ2n) is 4.07. The molecule has 96 valence electrons. The van der Waals surface area contributed by atoms with E-state index in [0.29, 0.717) is 6.61 Å². The molecule has 1 heterocycles. The number of piperidine rings is 1. The van der Waals surface area contributed by atoms with Gasteiger partial charge in [-0.1, -0.05) is 6.92 Å². The van der Waals surface area contributed by atoms with E-state index in [9.17, 15) is 4.79 Å². The quantitative estimate of drug-likeness (QED) is 0.762. The number of likely N-dealkylation sites (tertiary alicyclic amines) is 1. The second kappa shape index (κ2) is 7.87. The summed E-state index contributed by atoms with van der Waals surface area (Å²) in [4.78, 5) is 13.8. The number of rotatable bonds is 4. The molecule has 0 bridgehead atoms. The minimum atomic E-state index is -0.103. The van der Waals surface area contributed by atoms with Crippen LogP contribution in [0, 0.1) is 0 Å². The first-order valence-corrected chi connectivity index (χ1v) is 5.85. The predicted molar refractivity (Wildman–Crippen MR) is 66.7 cm³/mol. The summed E-state index contributed by atoms with van der Waals surface area (Å²) in [6, 6.07) is 0.110. The minimum absolute atomic E-state index is 0. The van der Waals surface area contributed by atoms with Crippen molar-refractivity contribution in [2.45, 2.75) is 45.2 Å². The van der Waals surface area contributed by atoms with Crippen LogP contribution in [0.15, 0.2) is 0 Å². The fourth-order valence-electron chi connectivity index (χ4n) is 2.14. The van der Waals surface area contributed by atoms with E-state index in [4.69, 9.17) is 10.5 Å². The summed E-state index contributed by atoms with van der Waals surface area (Å²) in [5, 5.41) is 0. The molecule has 0 radical (unpaired) electrons. The molecule has 5 heteroatoms. The molecule has 2 N–H and O–H groups in total. The molecule has 0 saturated carbocycles. The lowest BCUT2D eigenvalue weighted by Gasteiger charge is -2.35. The molecule has 1 fully saturated rings. The Hall–Kier alpha value is -0.320. The summed E-state index contributed by atoms with van der Waals surface area (Å²) in [5.41, 5.74) is 5.90. The fraction of sp³-hybridized carbons (Fsp3) is 0.909. The average molecular weight is 251 g/mol. The van der Waals surface area contributed by atoms with E-state index >= 15 is 0 Å². The van der Waals surface area contributed by atoms with Gasteiger partial charge in [0.25, 0.3) is 0 Å². The molecule has 1 rings (SSSR count). The lowest BCUT2D eigenvalue weighted by atomic mass is 10.0. The fourth-order valence-corrected chi connectivity index (χ4v) is 2.14. The topological polar surface area (TPSA) is 55.6 Å². The number of hydrogen-bond donors (Lipinski definition) is 1. The summed E-state index contributed by atoms with van der Waals surface area (Å²) >= 11 is 0. The summed E-state index contributed by atoms with van der Waals surface area (Å²) in [5.74, 6) is -0.103. The highest BCUT2D eigenvalue weighted by Gasteiger charge is 2.28. The van der Waals surface area contributed by atoms with Crippen molar-refractivity contribution >= 4 is 18.4 Å². The Morgan fingerprint density at radius 1 is 1.56 bits per heavy atom. The van der Waals surface area contributed by atoms with E-state index in [-0.39, 0.29) is 30.5 Å². The van der Waals surface area contributed by atoms with Crippen molar-refractivity contribution in [2.24, 2.45) is 5.73 Å². The number of hydrogen-bond acceptors (Lipinski definition) is 4. The summed E-state index contributed by atoms with van der Waals surface area (Å²) in [6.45, 7) is 6.09. The van der Waals surface area contributed by atoms with Crippen molar-refractivity contribution in [3.63, 3.8) is 0 Å². The van der Waals surface area contributed by atoms with Gasteiger partial charge in [0.05, 0.1) is 6.61 Å². The standard InChI is InChI=1S/C11H22N2O2.ClH/c1-3-10(11(14)15-4-2)13-7-5-6-9(12)8-13;/h9-10H,3-8,12H2,1-2H3;1H/t9-,10?;/m1./s1. The van der Waals surface area contributed by atoms with Crippen LogP contribution in [0.2, 0.25) is 0 Å². The molecule has 0 aromatic rings. The Balaban J connectivity index is 0.00000225. The summed E-state index contributed by atoms with van der Waals surface area (Å²) in [7, 11) is 0. The number of carbonyl (C=O) groups excluding carboxylic acids is 1. The van der Waals surface area contributed by atoms with Crippen molar-refractivity contribution in [3.8, 4) is 0 Å². The second-order valence-corrected chi connectivity index (χ2v) is 4.07. The highest BCUT2D eigenvalue weighted by atomic mass is 35.5. The number of ether oxygens (including phenoxy) is 1. The maximum absolute atomic E-state index is 11.7. The van der Waals surface area contributed by atoms with Crippen LogP contribution in [0.3, 0.4) is 0 Å². The van der Waals surface area contributed by atoms with Crippen molar-refractivity contribution in [1.82, 2.24) is 4.90 Å². The first-order valence-electron chi connectivity index (χ1n) is 5.85. The maximum Gasteiger partial charge on any atom is 0.323 e. The Labute approximate surface area is 104 Å². The van der Waals surface area contributed by atoms with Gasteiger partial charge < -0.3 is 10.5 Å². The van der Waals surface area contributed by atoms with Gasteiger partial charge in [0.2, 0.25) is 0 Å². The largest absolute Gasteiger partial charge is 0.465 e. The van der Waals surface area contributed by atoms with E-state index in [1.165, 1.54) is 0 Å². The highest BCUT2D eigenvalue weighted by molar-refractivity contribution is 5.85. The van der Waals surface area contributed by atoms with Crippen LogP contribution in [0.1, 0.15) is 33.1 Å². The van der Waals surface area contributed by atoms with Gasteiger partial charge in [-0.15, -0.1) is 12.4 Å². The molecular formula is C11H23ClN2O2. The molecule has 0 aliphatic carbocycles. The lowest BCUT2D eigenvalue weighted by Crippen LogP contribution is -2.50. The van der Waals surface area contributed by atoms with Gasteiger partial charge in [-0.2, -0.15) is 0 Å². The minimum Gasteiger partial charge on any atom is -0.465 e. The van der Waals surface area contributed by atoms with Crippen LogP contribution in [-0.4, -0.2) is 42.6 Å². The van der Waals surface area contributed by atoms with Gasteiger partial charge in [-0.05, 0) is 32.7 Å². The Bertz CT molecular complexity index is 214. The zero-order valence-corrected chi connectivity index (χ0v) is 11.0. The van der Waals surface area contributed by atoms with Crippen molar-refractivity contribution < 1.29 is 9.53 Å². The van der Waals surface area contributed by atoms with Crippen LogP contribution in [-0.2, 0) is 9.53 Å². The molecule has 1 saturated heterocycles. The number of halogens is 1. The molecule has 1 aliphatic heterocycles. The van der Waals surface area contributed by atoms with Crippen LogP contribution >= 0.6 is 12.4 Å². The van der Waals surface area contributed by atoms with Crippen LogP contribution < -0.4 is 5.73 Å². The molecule has 16 heavy (non-hydrogen) atoms. The van der Waals surface area contributed by atoms with Gasteiger partial charge >= 0.3 is 5.97 Å². The normalized spacial score (nSPS) is 23.3. The first-order chi connectivity index (χ1) is 7.19. The number of nitrogens with zero attached hydrogens (tertiary/aromatic N) is 1. The third kappa shape index (κ3) is 4.28. The average Bonchev–Trinajstić information content (AvgIpc) is 2.19. The molecule has 1 unspecified atom stereocenters. The SMILES string of the molecule is CCOC(=O)C(CC)N1CCC[C@@H](N)C1.Cl. The van der Waals surface area contributed by atoms with Gasteiger partial charge in [0.15, 0.2) is 0 Å². The molecule has 2 atom stereocenters. The van der Waals surface area contributed by atoms with E-state index < -0.39 is 0 Å². The van der Waals surface area contributed by atoms with Gasteiger partial charge in [0, 0.05) is 12.6 Å². The van der Waals surface area contributed by atoms with Crippen molar-refractivity contribution in [3.05, 3.63) is 0 Å². The highest BCUT2D eigenvalue weighted by Crippen LogP contribution is 2.14. The number of carbonyl (C=O) groups is 1. The maximum atomic E-state index is 11.7. The van der Waals surface area contributed by atoms with Gasteiger partial charge in [0.1, 0.15) is 6.04 Å². The number of esters is 1. The summed E-state index contributed by atoms with van der Waals surface area (Å²) < 4.78 is 5.06. The lowest BCUT2D eigenvalue weighted by molar-refractivity contribution is -0.150. The van der Waals surface area contributed by atoms with E-state index in [0.717, 1.165) is 32.4 Å². The third-order valence-electron chi connectivity index (χ3n) is 2.88. The van der Waals surface area contributed by atoms with Gasteiger partial charge in [-0.25, -0.2) is 0 Å². The molecular weight excluding hydrogens is 228 g/mol. The molecule has 1 aliphatic rings. The first kappa shape index (κ1) is 15.7. The van der Waals surface area contributed by atoms with Crippen LogP contribution in [0.4, 0.5) is 0 Å². The van der Waals surface area contributed by atoms with Gasteiger partial charge in [-0.3, -0.25) is 9.69 Å². The Kier molecular flexibility index (Phi) is 7.72. The van der Waals surface area contributed by atoms with Crippen molar-refractivity contribution in [2.75, 3.05) is 19.7 Å². The van der Waals surface area contributed by atoms with E-state index in [1.807, 2.05) is 13.8 Å². The Morgan fingerprint density at radius 2 is 2.25 bits per heavy atom. The number of nitrogens with two attached hydrogens (primary N) is 1. The van der Waals surface area contributed by atoms with Crippen molar-refractivity contribution in [1.29, 1.82) is 0 Å². The zero-order chi connectivity index (χ0) is 11.3. The summed E-state index contributed by atoms with van der Waals surface area (Å²) in [6.07, 6.45) is 2.94.